The van der Waals surface area contributed by atoms with E-state index in [4.69, 9.17) is 14.2 Å². The molecule has 2 aliphatic rings. The second-order valence-electron chi connectivity index (χ2n) is 6.51. The molecule has 1 spiro atoms. The average Bonchev–Trinajstić information content (AvgIpc) is 2.87. The van der Waals surface area contributed by atoms with Gasteiger partial charge in [0.2, 0.25) is 5.91 Å². The molecule has 1 aromatic rings. The highest BCUT2D eigenvalue weighted by Gasteiger charge is 2.44. The Morgan fingerprint density at radius 3 is 3.20 bits per heavy atom. The molecule has 2 unspecified atom stereocenters. The molecule has 0 radical (unpaired) electrons. The van der Waals surface area contributed by atoms with Crippen LogP contribution in [0.25, 0.3) is 0 Å². The molecular weight excluding hydrogens is 326 g/mol. The van der Waals surface area contributed by atoms with Crippen molar-refractivity contribution in [2.75, 3.05) is 39.5 Å². The summed E-state index contributed by atoms with van der Waals surface area (Å²) in [6.07, 6.45) is 3.07. The Bertz CT molecular complexity index is 649. The molecule has 3 rings (SSSR count). The highest BCUT2D eigenvalue weighted by atomic mass is 16.6. The molecule has 2 aliphatic heterocycles. The maximum atomic E-state index is 12.3. The average molecular weight is 351 g/mol. The van der Waals surface area contributed by atoms with Crippen LogP contribution in [-0.4, -0.2) is 71.8 Å². The molecule has 0 saturated carbocycles. The van der Waals surface area contributed by atoms with E-state index in [1.54, 1.807) is 17.2 Å². The van der Waals surface area contributed by atoms with Gasteiger partial charge in [-0.25, -0.2) is 4.68 Å². The van der Waals surface area contributed by atoms with E-state index in [9.17, 15) is 9.59 Å². The Hall–Kier alpha value is -1.77. The lowest BCUT2D eigenvalue weighted by Gasteiger charge is -2.32. The third kappa shape index (κ3) is 4.45. The van der Waals surface area contributed by atoms with E-state index in [1.165, 1.54) is 10.7 Å². The van der Waals surface area contributed by atoms with Crippen LogP contribution in [0.1, 0.15) is 19.8 Å². The zero-order valence-electron chi connectivity index (χ0n) is 14.6. The van der Waals surface area contributed by atoms with E-state index in [0.29, 0.717) is 39.5 Å². The molecule has 1 amide bonds. The smallest absolute Gasteiger partial charge is 0.266 e. The lowest BCUT2D eigenvalue weighted by atomic mass is 10.00. The molecule has 0 aliphatic carbocycles. The van der Waals surface area contributed by atoms with Crippen molar-refractivity contribution in [1.29, 1.82) is 0 Å². The van der Waals surface area contributed by atoms with Crippen LogP contribution in [0.15, 0.2) is 23.1 Å². The molecule has 0 N–H and O–H groups in total. The predicted octanol–water partition coefficient (Wildman–Crippen LogP) is 0.0564. The number of rotatable bonds is 5. The summed E-state index contributed by atoms with van der Waals surface area (Å²) >= 11 is 0. The molecule has 8 nitrogen and oxygen atoms in total. The molecule has 0 aromatic carbocycles. The zero-order chi connectivity index (χ0) is 17.7. The normalized spacial score (nSPS) is 26.8. The minimum Gasteiger partial charge on any atom is -0.377 e. The molecule has 1 aromatic heterocycles. The third-order valence-electron chi connectivity index (χ3n) is 4.63. The predicted molar refractivity (Wildman–Crippen MR) is 89.2 cm³/mol. The van der Waals surface area contributed by atoms with E-state index in [1.807, 2.05) is 6.92 Å². The summed E-state index contributed by atoms with van der Waals surface area (Å²) in [5.41, 5.74) is -0.654. The van der Waals surface area contributed by atoms with Crippen molar-refractivity contribution in [1.82, 2.24) is 14.7 Å². The molecule has 0 bridgehead atoms. The minimum atomic E-state index is -0.512. The first kappa shape index (κ1) is 18.0. The van der Waals surface area contributed by atoms with Crippen molar-refractivity contribution < 1.29 is 19.0 Å². The monoisotopic (exact) mass is 351 g/mol. The van der Waals surface area contributed by atoms with Crippen LogP contribution in [-0.2, 0) is 25.5 Å². The van der Waals surface area contributed by atoms with E-state index in [-0.39, 0.29) is 24.2 Å². The first-order valence-corrected chi connectivity index (χ1v) is 8.75. The quantitative estimate of drug-likeness (QED) is 0.746. The van der Waals surface area contributed by atoms with Gasteiger partial charge in [-0.1, -0.05) is 0 Å². The fraction of sp³-hybridized carbons (Fsp3) is 0.706. The molecule has 2 fully saturated rings. The Morgan fingerprint density at radius 1 is 1.52 bits per heavy atom. The summed E-state index contributed by atoms with van der Waals surface area (Å²) in [5, 5.41) is 4.08. The van der Waals surface area contributed by atoms with Crippen LogP contribution in [0.5, 0.6) is 0 Å². The van der Waals surface area contributed by atoms with Gasteiger partial charge in [-0.3, -0.25) is 9.59 Å². The number of nitrogens with zero attached hydrogens (tertiary/aromatic N) is 3. The number of hydrogen-bond donors (Lipinski definition) is 0. The second-order valence-corrected chi connectivity index (χ2v) is 6.51. The lowest BCUT2D eigenvalue weighted by molar-refractivity contribution is -0.140. The lowest BCUT2D eigenvalue weighted by Crippen LogP contribution is -2.48. The summed E-state index contributed by atoms with van der Waals surface area (Å²) in [6.45, 7) is 4.86. The van der Waals surface area contributed by atoms with Crippen molar-refractivity contribution in [3.05, 3.63) is 28.7 Å². The van der Waals surface area contributed by atoms with Crippen LogP contribution in [0.3, 0.4) is 0 Å². The first-order valence-electron chi connectivity index (χ1n) is 8.75. The zero-order valence-corrected chi connectivity index (χ0v) is 14.6. The number of aromatic nitrogens is 2. The highest BCUT2D eigenvalue weighted by Crippen LogP contribution is 2.33. The van der Waals surface area contributed by atoms with E-state index >= 15 is 0 Å². The fourth-order valence-corrected chi connectivity index (χ4v) is 3.36. The summed E-state index contributed by atoms with van der Waals surface area (Å²) in [7, 11) is 0. The highest BCUT2D eigenvalue weighted by molar-refractivity contribution is 5.77. The summed E-state index contributed by atoms with van der Waals surface area (Å²) in [5.74, 6) is -0.0419. The van der Waals surface area contributed by atoms with Crippen molar-refractivity contribution >= 4 is 5.91 Å². The molecule has 138 valence electrons. The van der Waals surface area contributed by atoms with E-state index < -0.39 is 5.60 Å². The largest absolute Gasteiger partial charge is 0.377 e. The molecule has 3 heterocycles. The first-order chi connectivity index (χ1) is 12.1. The van der Waals surface area contributed by atoms with Gasteiger partial charge < -0.3 is 19.1 Å². The van der Waals surface area contributed by atoms with Gasteiger partial charge in [0, 0.05) is 25.4 Å². The number of carbonyl (C=O) groups is 1. The van der Waals surface area contributed by atoms with Gasteiger partial charge >= 0.3 is 0 Å². The van der Waals surface area contributed by atoms with Gasteiger partial charge in [0.05, 0.1) is 32.4 Å². The molecule has 8 heteroatoms. The Labute approximate surface area is 146 Å². The van der Waals surface area contributed by atoms with Crippen LogP contribution in [0.4, 0.5) is 0 Å². The number of ether oxygens (including phenoxy) is 3. The minimum absolute atomic E-state index is 0.0419. The van der Waals surface area contributed by atoms with Crippen molar-refractivity contribution in [3.8, 4) is 0 Å². The van der Waals surface area contributed by atoms with Crippen LogP contribution >= 0.6 is 0 Å². The topological polar surface area (TPSA) is 82.9 Å². The van der Waals surface area contributed by atoms with Gasteiger partial charge in [0.15, 0.2) is 0 Å². The second kappa shape index (κ2) is 8.07. The Kier molecular flexibility index (Phi) is 5.82. The van der Waals surface area contributed by atoms with Gasteiger partial charge in [0.1, 0.15) is 12.2 Å². The van der Waals surface area contributed by atoms with Crippen LogP contribution in [0, 0.1) is 0 Å². The number of amides is 1. The van der Waals surface area contributed by atoms with Crippen LogP contribution in [0.2, 0.25) is 0 Å². The SMILES string of the molecule is CCOCC(=O)N1CCOCC2(CCC(Cn3ncccc3=O)O2)C1. The van der Waals surface area contributed by atoms with Crippen molar-refractivity contribution in [2.45, 2.75) is 38.0 Å². The summed E-state index contributed by atoms with van der Waals surface area (Å²) in [6, 6.07) is 3.11. The molecular formula is C17H25N3O5. The number of hydrogen-bond acceptors (Lipinski definition) is 6. The maximum absolute atomic E-state index is 12.3. The van der Waals surface area contributed by atoms with E-state index in [2.05, 4.69) is 5.10 Å². The maximum Gasteiger partial charge on any atom is 0.266 e. The summed E-state index contributed by atoms with van der Waals surface area (Å²) in [4.78, 5) is 25.9. The number of carbonyl (C=O) groups excluding carboxylic acids is 1. The standard InChI is InChI=1S/C17H25N3O5/c1-2-23-11-16(22)19-8-9-24-13-17(12-19)6-5-14(25-17)10-20-15(21)4-3-7-18-20/h3-4,7,14H,2,5-6,8-13H2,1H3. The van der Waals surface area contributed by atoms with Crippen LogP contribution < -0.4 is 5.56 Å². The fourth-order valence-electron chi connectivity index (χ4n) is 3.36. The molecule has 25 heavy (non-hydrogen) atoms. The Morgan fingerprint density at radius 2 is 2.40 bits per heavy atom. The van der Waals surface area contributed by atoms with Gasteiger partial charge in [0.25, 0.3) is 5.56 Å². The van der Waals surface area contributed by atoms with E-state index in [0.717, 1.165) is 12.8 Å². The molecule has 2 saturated heterocycles. The van der Waals surface area contributed by atoms with Gasteiger partial charge in [-0.2, -0.15) is 5.10 Å². The van der Waals surface area contributed by atoms with Crippen molar-refractivity contribution in [3.63, 3.8) is 0 Å². The third-order valence-corrected chi connectivity index (χ3v) is 4.63. The van der Waals surface area contributed by atoms with Crippen molar-refractivity contribution in [2.24, 2.45) is 0 Å². The summed E-state index contributed by atoms with van der Waals surface area (Å²) < 4.78 is 18.6. The molecule has 2 atom stereocenters. The van der Waals surface area contributed by atoms with Gasteiger partial charge in [-0.05, 0) is 25.8 Å². The van der Waals surface area contributed by atoms with Gasteiger partial charge in [-0.15, -0.1) is 0 Å². The Balaban J connectivity index is 1.64.